The molecule has 0 saturated carbocycles. The van der Waals surface area contributed by atoms with Crippen LogP contribution in [0.25, 0.3) is 0 Å². The van der Waals surface area contributed by atoms with Gasteiger partial charge in [0.2, 0.25) is 0 Å². The van der Waals surface area contributed by atoms with Crippen LogP contribution in [0.3, 0.4) is 0 Å². The van der Waals surface area contributed by atoms with E-state index in [9.17, 15) is 13.2 Å². The smallest absolute Gasteiger partial charge is 0.316 e. The Morgan fingerprint density at radius 2 is 2.10 bits per heavy atom. The number of halogens is 4. The van der Waals surface area contributed by atoms with Crippen LogP contribution < -0.4 is 5.32 Å². The molecule has 2 aliphatic rings. The highest BCUT2D eigenvalue weighted by molar-refractivity contribution is 6.31. The van der Waals surface area contributed by atoms with Crippen molar-refractivity contribution in [1.29, 1.82) is 0 Å². The minimum atomic E-state index is -4.39. The van der Waals surface area contributed by atoms with E-state index in [-0.39, 0.29) is 5.02 Å². The molecule has 1 atom stereocenters. The first-order valence-corrected chi connectivity index (χ1v) is 7.55. The third-order valence-corrected chi connectivity index (χ3v) is 4.92. The molecular formula is C15H18ClF3N2. The zero-order valence-electron chi connectivity index (χ0n) is 11.6. The van der Waals surface area contributed by atoms with Gasteiger partial charge in [-0.1, -0.05) is 17.7 Å². The number of nitrogens with one attached hydrogen (secondary N) is 1. The van der Waals surface area contributed by atoms with Crippen LogP contribution in [-0.4, -0.2) is 31.1 Å². The molecule has 1 aromatic carbocycles. The van der Waals surface area contributed by atoms with Crippen molar-refractivity contribution in [2.75, 3.05) is 26.2 Å². The van der Waals surface area contributed by atoms with E-state index in [1.807, 2.05) is 0 Å². The summed E-state index contributed by atoms with van der Waals surface area (Å²) in [5.74, 6) is 0. The highest BCUT2D eigenvalue weighted by atomic mass is 35.5. The first kappa shape index (κ1) is 15.1. The summed E-state index contributed by atoms with van der Waals surface area (Å²) in [6.45, 7) is 4.54. The van der Waals surface area contributed by atoms with Gasteiger partial charge in [0.1, 0.15) is 0 Å². The molecule has 0 amide bonds. The van der Waals surface area contributed by atoms with Crippen LogP contribution in [0, 0.1) is 5.41 Å². The summed E-state index contributed by atoms with van der Waals surface area (Å²) in [5.41, 5.74) is 0.270. The molecule has 6 heteroatoms. The SMILES string of the molecule is FC(F)(F)c1cc(CN2CCC3(CCNC3)C2)ccc1Cl. The van der Waals surface area contributed by atoms with E-state index in [0.29, 0.717) is 17.5 Å². The standard InChI is InChI=1S/C15H18ClF3N2/c16-13-2-1-11(7-12(13)15(17,18)19)8-21-6-4-14(10-21)3-5-20-9-14/h1-2,7,20H,3-6,8-10H2. The zero-order chi connectivity index (χ0) is 15.1. The van der Waals surface area contributed by atoms with Crippen molar-refractivity contribution < 1.29 is 13.2 Å². The average Bonchev–Trinajstić information content (AvgIpc) is 3.02. The van der Waals surface area contributed by atoms with Crippen LogP contribution in [0.1, 0.15) is 24.0 Å². The minimum absolute atomic E-state index is 0.232. The Morgan fingerprint density at radius 3 is 2.76 bits per heavy atom. The van der Waals surface area contributed by atoms with E-state index in [0.717, 1.165) is 39.0 Å². The number of rotatable bonds is 2. The Balaban J connectivity index is 1.71. The van der Waals surface area contributed by atoms with Gasteiger partial charge in [-0.25, -0.2) is 0 Å². The van der Waals surface area contributed by atoms with Crippen molar-refractivity contribution >= 4 is 11.6 Å². The molecule has 3 rings (SSSR count). The van der Waals surface area contributed by atoms with E-state index >= 15 is 0 Å². The van der Waals surface area contributed by atoms with Crippen LogP contribution in [0.5, 0.6) is 0 Å². The summed E-state index contributed by atoms with van der Waals surface area (Å²) in [5, 5.41) is 3.15. The molecule has 0 aliphatic carbocycles. The fourth-order valence-electron chi connectivity index (χ4n) is 3.45. The number of hydrogen-bond donors (Lipinski definition) is 1. The van der Waals surface area contributed by atoms with Crippen LogP contribution in [0.15, 0.2) is 18.2 Å². The number of alkyl halides is 3. The van der Waals surface area contributed by atoms with Gasteiger partial charge in [0.05, 0.1) is 10.6 Å². The van der Waals surface area contributed by atoms with E-state index in [1.54, 1.807) is 6.07 Å². The molecule has 2 nitrogen and oxygen atoms in total. The Kier molecular flexibility index (Phi) is 3.93. The lowest BCUT2D eigenvalue weighted by molar-refractivity contribution is -0.137. The molecule has 2 fully saturated rings. The van der Waals surface area contributed by atoms with Gasteiger partial charge in [-0.05, 0) is 49.0 Å². The first-order chi connectivity index (χ1) is 9.88. The van der Waals surface area contributed by atoms with Gasteiger partial charge in [0.15, 0.2) is 0 Å². The van der Waals surface area contributed by atoms with Gasteiger partial charge < -0.3 is 5.32 Å². The van der Waals surface area contributed by atoms with E-state index in [4.69, 9.17) is 11.6 Å². The molecule has 21 heavy (non-hydrogen) atoms. The third-order valence-electron chi connectivity index (χ3n) is 4.59. The van der Waals surface area contributed by atoms with Crippen molar-refractivity contribution in [3.8, 4) is 0 Å². The lowest BCUT2D eigenvalue weighted by Gasteiger charge is -2.23. The van der Waals surface area contributed by atoms with Gasteiger partial charge in [-0.3, -0.25) is 4.90 Å². The fraction of sp³-hybridized carbons (Fsp3) is 0.600. The van der Waals surface area contributed by atoms with Gasteiger partial charge in [0.25, 0.3) is 0 Å². The quantitative estimate of drug-likeness (QED) is 0.897. The zero-order valence-corrected chi connectivity index (χ0v) is 12.4. The van der Waals surface area contributed by atoms with Gasteiger partial charge in [0, 0.05) is 19.6 Å². The summed E-state index contributed by atoms with van der Waals surface area (Å²) >= 11 is 5.65. The Labute approximate surface area is 127 Å². The highest BCUT2D eigenvalue weighted by Gasteiger charge is 2.40. The van der Waals surface area contributed by atoms with Crippen molar-refractivity contribution in [2.45, 2.75) is 25.6 Å². The van der Waals surface area contributed by atoms with E-state index < -0.39 is 11.7 Å². The summed E-state index contributed by atoms with van der Waals surface area (Å²) in [4.78, 5) is 2.25. The average molecular weight is 319 g/mol. The van der Waals surface area contributed by atoms with Crippen LogP contribution in [0.4, 0.5) is 13.2 Å². The molecule has 2 saturated heterocycles. The maximum Gasteiger partial charge on any atom is 0.417 e. The second-order valence-corrected chi connectivity index (χ2v) is 6.61. The molecule has 1 spiro atoms. The lowest BCUT2D eigenvalue weighted by Crippen LogP contribution is -2.29. The molecule has 0 radical (unpaired) electrons. The summed E-state index contributed by atoms with van der Waals surface area (Å²) in [7, 11) is 0. The Bertz CT molecular complexity index is 524. The third kappa shape index (κ3) is 3.20. The predicted molar refractivity (Wildman–Crippen MR) is 76.3 cm³/mol. The molecule has 1 N–H and O–H groups in total. The van der Waals surface area contributed by atoms with Gasteiger partial charge in [-0.2, -0.15) is 13.2 Å². The van der Waals surface area contributed by atoms with Gasteiger partial charge >= 0.3 is 6.18 Å². The Hall–Kier alpha value is -0.780. The van der Waals surface area contributed by atoms with Crippen LogP contribution >= 0.6 is 11.6 Å². The second-order valence-electron chi connectivity index (χ2n) is 6.20. The van der Waals surface area contributed by atoms with Crippen LogP contribution in [-0.2, 0) is 12.7 Å². The molecule has 1 unspecified atom stereocenters. The topological polar surface area (TPSA) is 15.3 Å². The molecule has 1 aromatic rings. The monoisotopic (exact) mass is 318 g/mol. The van der Waals surface area contributed by atoms with Crippen molar-refractivity contribution in [1.82, 2.24) is 10.2 Å². The van der Waals surface area contributed by atoms with E-state index in [2.05, 4.69) is 10.2 Å². The normalized spacial score (nSPS) is 26.9. The van der Waals surface area contributed by atoms with E-state index in [1.165, 1.54) is 12.1 Å². The Morgan fingerprint density at radius 1 is 1.29 bits per heavy atom. The second kappa shape index (κ2) is 5.45. The number of nitrogens with zero attached hydrogens (tertiary/aromatic N) is 1. The number of benzene rings is 1. The number of likely N-dealkylation sites (tertiary alicyclic amines) is 1. The predicted octanol–water partition coefficient (Wildman–Crippen LogP) is 3.54. The molecule has 2 heterocycles. The van der Waals surface area contributed by atoms with Crippen molar-refractivity contribution in [3.05, 3.63) is 34.3 Å². The summed E-state index contributed by atoms with van der Waals surface area (Å²) in [6.07, 6.45) is -2.10. The first-order valence-electron chi connectivity index (χ1n) is 7.17. The largest absolute Gasteiger partial charge is 0.417 e. The highest BCUT2D eigenvalue weighted by Crippen LogP contribution is 2.38. The maximum atomic E-state index is 12.9. The number of hydrogen-bond acceptors (Lipinski definition) is 2. The minimum Gasteiger partial charge on any atom is -0.316 e. The molecule has 116 valence electrons. The fourth-order valence-corrected chi connectivity index (χ4v) is 3.68. The molecular weight excluding hydrogens is 301 g/mol. The lowest BCUT2D eigenvalue weighted by atomic mass is 9.86. The van der Waals surface area contributed by atoms with Crippen molar-refractivity contribution in [3.63, 3.8) is 0 Å². The summed E-state index contributed by atoms with van der Waals surface area (Å²) in [6, 6.07) is 4.22. The van der Waals surface area contributed by atoms with Crippen LogP contribution in [0.2, 0.25) is 5.02 Å². The molecule has 2 aliphatic heterocycles. The maximum absolute atomic E-state index is 12.9. The molecule has 0 bridgehead atoms. The molecule has 0 aromatic heterocycles. The summed E-state index contributed by atoms with van der Waals surface area (Å²) < 4.78 is 38.6. The van der Waals surface area contributed by atoms with Crippen molar-refractivity contribution in [2.24, 2.45) is 5.41 Å². The van der Waals surface area contributed by atoms with Gasteiger partial charge in [-0.15, -0.1) is 0 Å².